The third kappa shape index (κ3) is 2.10. The molecule has 3 nitrogen and oxygen atoms in total. The maximum absolute atomic E-state index is 5.49. The highest BCUT2D eigenvalue weighted by molar-refractivity contribution is 4.98. The Kier molecular flexibility index (Phi) is 4.35. The first kappa shape index (κ1) is 12.0. The van der Waals surface area contributed by atoms with Crippen LogP contribution in [0.25, 0.3) is 0 Å². The van der Waals surface area contributed by atoms with E-state index in [2.05, 4.69) is 11.9 Å². The van der Waals surface area contributed by atoms with E-state index in [1.165, 1.54) is 0 Å². The molecule has 0 aliphatic carbocycles. The van der Waals surface area contributed by atoms with E-state index in [4.69, 9.17) is 9.47 Å². The normalized spacial score (nSPS) is 30.4. The van der Waals surface area contributed by atoms with Crippen LogP contribution < -0.4 is 0 Å². The quantitative estimate of drug-likeness (QED) is 0.640. The molecule has 14 heavy (non-hydrogen) atoms. The summed E-state index contributed by atoms with van der Waals surface area (Å²) in [7, 11) is 3.99. The van der Waals surface area contributed by atoms with E-state index in [9.17, 15) is 0 Å². The predicted octanol–water partition coefficient (Wildman–Crippen LogP) is 1.38. The lowest BCUT2D eigenvalue weighted by atomic mass is 9.75. The smallest absolute Gasteiger partial charge is 0.0696 e. The highest BCUT2D eigenvalue weighted by Gasteiger charge is 2.48. The summed E-state index contributed by atoms with van der Waals surface area (Å²) in [5.41, 5.74) is 0.321. The third-order valence-corrected chi connectivity index (χ3v) is 3.10. The molecule has 0 N–H and O–H groups in total. The van der Waals surface area contributed by atoms with Crippen LogP contribution in [0.3, 0.4) is 0 Å². The number of nitrogens with zero attached hydrogens (tertiary/aromatic N) is 1. The Bertz CT molecular complexity index is 169. The number of piperidine rings is 1. The van der Waals surface area contributed by atoms with Crippen LogP contribution in [-0.4, -0.2) is 51.5 Å². The van der Waals surface area contributed by atoms with Crippen molar-refractivity contribution in [1.29, 1.82) is 0 Å². The molecule has 2 rings (SSSR count). The number of hydrogen-bond acceptors (Lipinski definition) is 3. The molecule has 0 aromatic rings. The number of rotatable bonds is 1. The molecule has 3 heteroatoms. The molecule has 2 aliphatic heterocycles. The number of hydrogen-bond donors (Lipinski definition) is 0. The summed E-state index contributed by atoms with van der Waals surface area (Å²) in [5, 5.41) is 0. The van der Waals surface area contributed by atoms with Gasteiger partial charge in [0, 0.05) is 20.2 Å². The highest BCUT2D eigenvalue weighted by atomic mass is 16.5. The topological polar surface area (TPSA) is 21.7 Å². The molecule has 1 spiro atoms. The van der Waals surface area contributed by atoms with Crippen LogP contribution in [0.15, 0.2) is 0 Å². The van der Waals surface area contributed by atoms with E-state index in [0.717, 1.165) is 32.7 Å². The largest absolute Gasteiger partial charge is 0.381 e. The van der Waals surface area contributed by atoms with Crippen LogP contribution in [-0.2, 0) is 9.47 Å². The zero-order valence-electron chi connectivity index (χ0n) is 9.88. The van der Waals surface area contributed by atoms with Crippen LogP contribution in [0.2, 0.25) is 0 Å². The van der Waals surface area contributed by atoms with Crippen molar-refractivity contribution in [2.45, 2.75) is 26.4 Å². The monoisotopic (exact) mass is 201 g/mol. The highest BCUT2D eigenvalue weighted by Crippen LogP contribution is 2.38. The second kappa shape index (κ2) is 5.10. The molecule has 2 saturated heterocycles. The minimum absolute atomic E-state index is 0.321. The van der Waals surface area contributed by atoms with Crippen molar-refractivity contribution in [2.75, 3.05) is 40.5 Å². The molecule has 0 radical (unpaired) electrons. The van der Waals surface area contributed by atoms with Gasteiger partial charge >= 0.3 is 0 Å². The molecular formula is C11H23NO2. The average Bonchev–Trinajstić information content (AvgIpc) is 2.18. The summed E-state index contributed by atoms with van der Waals surface area (Å²) >= 11 is 0. The Labute approximate surface area is 87.4 Å². The van der Waals surface area contributed by atoms with Crippen molar-refractivity contribution < 1.29 is 9.47 Å². The Hall–Kier alpha value is -0.120. The maximum Gasteiger partial charge on any atom is 0.0696 e. The molecule has 0 saturated carbocycles. The molecule has 0 unspecified atom stereocenters. The standard InChI is InChI=1S/C9H17NO2.C2H6/c1-10-4-3-8(11-2)9(5-10)6-12-7-9;1-2/h8H,3-7H2,1-2H3;1-2H3/t8-;/m0./s1. The van der Waals surface area contributed by atoms with E-state index < -0.39 is 0 Å². The van der Waals surface area contributed by atoms with Gasteiger partial charge in [-0.25, -0.2) is 0 Å². The molecular weight excluding hydrogens is 178 g/mol. The van der Waals surface area contributed by atoms with Crippen molar-refractivity contribution >= 4 is 0 Å². The fourth-order valence-electron chi connectivity index (χ4n) is 2.37. The average molecular weight is 201 g/mol. The third-order valence-electron chi connectivity index (χ3n) is 3.10. The summed E-state index contributed by atoms with van der Waals surface area (Å²) in [6.45, 7) is 8.05. The van der Waals surface area contributed by atoms with Gasteiger partial charge in [0.15, 0.2) is 0 Å². The van der Waals surface area contributed by atoms with Crippen molar-refractivity contribution in [3.05, 3.63) is 0 Å². The SMILES string of the molecule is CC.CO[C@H]1CCN(C)CC12COC2. The van der Waals surface area contributed by atoms with Gasteiger partial charge in [0.1, 0.15) is 0 Å². The molecule has 84 valence electrons. The molecule has 0 amide bonds. The van der Waals surface area contributed by atoms with Gasteiger partial charge in [-0.3, -0.25) is 0 Å². The van der Waals surface area contributed by atoms with Crippen molar-refractivity contribution in [3.8, 4) is 0 Å². The van der Waals surface area contributed by atoms with Gasteiger partial charge < -0.3 is 14.4 Å². The van der Waals surface area contributed by atoms with Gasteiger partial charge in [-0.2, -0.15) is 0 Å². The fraction of sp³-hybridized carbons (Fsp3) is 1.00. The van der Waals surface area contributed by atoms with Gasteiger partial charge in [-0.1, -0.05) is 13.8 Å². The Morgan fingerprint density at radius 1 is 1.36 bits per heavy atom. The number of likely N-dealkylation sites (tertiary alicyclic amines) is 1. The second-order valence-electron chi connectivity index (χ2n) is 4.11. The summed E-state index contributed by atoms with van der Waals surface area (Å²) in [6.07, 6.45) is 1.57. The molecule has 0 aromatic carbocycles. The first-order chi connectivity index (χ1) is 6.77. The van der Waals surface area contributed by atoms with E-state index in [1.54, 1.807) is 0 Å². The van der Waals surface area contributed by atoms with Crippen LogP contribution in [0.5, 0.6) is 0 Å². The summed E-state index contributed by atoms with van der Waals surface area (Å²) in [4.78, 5) is 2.37. The zero-order chi connectivity index (χ0) is 10.6. The van der Waals surface area contributed by atoms with Crippen molar-refractivity contribution in [3.63, 3.8) is 0 Å². The van der Waals surface area contributed by atoms with Gasteiger partial charge in [0.2, 0.25) is 0 Å². The summed E-state index contributed by atoms with van der Waals surface area (Å²) in [5.74, 6) is 0. The molecule has 2 aliphatic rings. The Balaban J connectivity index is 0.000000461. The van der Waals surface area contributed by atoms with Gasteiger partial charge in [0.25, 0.3) is 0 Å². The van der Waals surface area contributed by atoms with Gasteiger partial charge in [-0.05, 0) is 13.5 Å². The summed E-state index contributed by atoms with van der Waals surface area (Å²) < 4.78 is 10.8. The fourth-order valence-corrected chi connectivity index (χ4v) is 2.37. The molecule has 0 aromatic heterocycles. The van der Waals surface area contributed by atoms with Crippen LogP contribution in [0, 0.1) is 5.41 Å². The zero-order valence-corrected chi connectivity index (χ0v) is 9.88. The molecule has 2 heterocycles. The van der Waals surface area contributed by atoms with Crippen LogP contribution in [0.1, 0.15) is 20.3 Å². The minimum Gasteiger partial charge on any atom is -0.381 e. The van der Waals surface area contributed by atoms with Gasteiger partial charge in [0.05, 0.1) is 24.7 Å². The molecule has 1 atom stereocenters. The van der Waals surface area contributed by atoms with Crippen molar-refractivity contribution in [1.82, 2.24) is 4.90 Å². The van der Waals surface area contributed by atoms with E-state index in [0.29, 0.717) is 11.5 Å². The van der Waals surface area contributed by atoms with E-state index in [-0.39, 0.29) is 0 Å². The van der Waals surface area contributed by atoms with Crippen molar-refractivity contribution in [2.24, 2.45) is 5.41 Å². The lowest BCUT2D eigenvalue weighted by Crippen LogP contribution is -2.61. The Morgan fingerprint density at radius 2 is 2.00 bits per heavy atom. The van der Waals surface area contributed by atoms with E-state index >= 15 is 0 Å². The Morgan fingerprint density at radius 3 is 2.43 bits per heavy atom. The molecule has 0 bridgehead atoms. The van der Waals surface area contributed by atoms with Crippen LogP contribution in [0.4, 0.5) is 0 Å². The lowest BCUT2D eigenvalue weighted by molar-refractivity contribution is -0.204. The first-order valence-corrected chi connectivity index (χ1v) is 5.56. The maximum atomic E-state index is 5.49. The number of methoxy groups -OCH3 is 1. The summed E-state index contributed by atoms with van der Waals surface area (Å²) in [6, 6.07) is 0. The lowest BCUT2D eigenvalue weighted by Gasteiger charge is -2.51. The molecule has 2 fully saturated rings. The number of ether oxygens (including phenoxy) is 2. The first-order valence-electron chi connectivity index (χ1n) is 5.56. The second-order valence-corrected chi connectivity index (χ2v) is 4.11. The minimum atomic E-state index is 0.321. The predicted molar refractivity (Wildman–Crippen MR) is 57.5 cm³/mol. The van der Waals surface area contributed by atoms with E-state index in [1.807, 2.05) is 21.0 Å². The van der Waals surface area contributed by atoms with Gasteiger partial charge in [-0.15, -0.1) is 0 Å². The van der Waals surface area contributed by atoms with Crippen LogP contribution >= 0.6 is 0 Å².